The Bertz CT molecular complexity index is 1510. The zero-order chi connectivity index (χ0) is 28.2. The number of likely N-dealkylation sites (N-methyl/N-ethyl adjacent to an activating group) is 1. The number of benzene rings is 1. The summed E-state index contributed by atoms with van der Waals surface area (Å²) in [7, 11) is 1.81. The Morgan fingerprint density at radius 1 is 1.15 bits per heavy atom. The van der Waals surface area contributed by atoms with Gasteiger partial charge in [-0.2, -0.15) is 24.0 Å². The number of nitrogens with zero attached hydrogens (tertiary/aromatic N) is 6. The molecule has 13 heteroatoms. The predicted octanol–water partition coefficient (Wildman–Crippen LogP) is 3.72. The number of urea groups is 1. The van der Waals surface area contributed by atoms with Crippen molar-refractivity contribution in [2.75, 3.05) is 25.5 Å². The lowest BCUT2D eigenvalue weighted by Gasteiger charge is -2.33. The maximum atomic E-state index is 13.0. The zero-order valence-electron chi connectivity index (χ0n) is 21.5. The van der Waals surface area contributed by atoms with E-state index in [1.807, 2.05) is 11.9 Å². The van der Waals surface area contributed by atoms with Crippen LogP contribution in [0.2, 0.25) is 0 Å². The van der Waals surface area contributed by atoms with E-state index in [9.17, 15) is 22.8 Å². The highest BCUT2D eigenvalue weighted by molar-refractivity contribution is 6.05. The van der Waals surface area contributed by atoms with E-state index in [4.69, 9.17) is 10.8 Å². The number of alkyl halides is 3. The van der Waals surface area contributed by atoms with Crippen molar-refractivity contribution in [2.24, 2.45) is 21.7 Å². The number of aliphatic imine (C=N–C) groups is 2. The molecule has 2 aromatic rings. The van der Waals surface area contributed by atoms with E-state index in [1.54, 1.807) is 47.8 Å². The lowest BCUT2D eigenvalue weighted by molar-refractivity contribution is -0.750. The summed E-state index contributed by atoms with van der Waals surface area (Å²) in [6.45, 7) is 1.26. The average Bonchev–Trinajstić information content (AvgIpc) is 3.40. The first-order valence-corrected chi connectivity index (χ1v) is 12.7. The molecule has 0 bridgehead atoms. The third kappa shape index (κ3) is 4.36. The Labute approximate surface area is 227 Å². The van der Waals surface area contributed by atoms with Crippen molar-refractivity contribution >= 4 is 29.8 Å². The van der Waals surface area contributed by atoms with Gasteiger partial charge in [0, 0.05) is 37.8 Å². The fourth-order valence-electron chi connectivity index (χ4n) is 5.63. The molecule has 0 spiro atoms. The van der Waals surface area contributed by atoms with E-state index in [2.05, 4.69) is 15.3 Å². The maximum Gasteiger partial charge on any atom is 0.416 e. The van der Waals surface area contributed by atoms with E-state index >= 15 is 0 Å². The van der Waals surface area contributed by atoms with Crippen molar-refractivity contribution < 1.29 is 27.4 Å². The molecule has 0 aliphatic carbocycles. The minimum absolute atomic E-state index is 0.0109. The smallest absolute Gasteiger partial charge is 0.326 e. The molecule has 1 aromatic heterocycles. The van der Waals surface area contributed by atoms with Gasteiger partial charge in [0.1, 0.15) is 17.7 Å². The number of quaternary nitrogens is 1. The van der Waals surface area contributed by atoms with E-state index in [1.165, 1.54) is 0 Å². The number of piperidine rings is 1. The van der Waals surface area contributed by atoms with Crippen molar-refractivity contribution in [1.29, 1.82) is 0 Å². The third-order valence-corrected chi connectivity index (χ3v) is 7.71. The highest BCUT2D eigenvalue weighted by Crippen LogP contribution is 2.39. The molecular formula is C27H26F3N8O2+. The summed E-state index contributed by atoms with van der Waals surface area (Å²) in [5.41, 5.74) is 1.48. The fourth-order valence-corrected chi connectivity index (χ4v) is 5.63. The molecule has 0 radical (unpaired) electrons. The van der Waals surface area contributed by atoms with Crippen LogP contribution in [0.15, 0.2) is 76.4 Å². The number of amides is 3. The number of hydrogen-bond donors (Lipinski definition) is 2. The highest BCUT2D eigenvalue weighted by Gasteiger charge is 2.48. The number of pyridine rings is 1. The van der Waals surface area contributed by atoms with Crippen LogP contribution in [0.1, 0.15) is 34.3 Å². The summed E-state index contributed by atoms with van der Waals surface area (Å²) < 4.78 is 38.8. The molecule has 4 aliphatic heterocycles. The summed E-state index contributed by atoms with van der Waals surface area (Å²) in [5, 5.41) is 2.41. The molecule has 1 unspecified atom stereocenters. The SMILES string of the molecule is CN1C[C@@H]2CC[C@@H](C3=C4C=NC=C[N+]4(N)C(c4ccc(C(=O)Nc5cc(C(F)(F)F)ccn5)cc4)=N3)CN2C1=O. The average molecular weight is 552 g/mol. The normalized spacial score (nSPS) is 25.7. The first-order valence-electron chi connectivity index (χ1n) is 12.7. The first-order chi connectivity index (χ1) is 19.0. The van der Waals surface area contributed by atoms with Gasteiger partial charge in [-0.15, -0.1) is 4.59 Å². The fraction of sp³-hybridized carbons (Fsp3) is 0.296. The van der Waals surface area contributed by atoms with Gasteiger partial charge in [-0.1, -0.05) is 0 Å². The molecule has 4 aliphatic rings. The molecule has 2 saturated heterocycles. The van der Waals surface area contributed by atoms with E-state index in [-0.39, 0.29) is 34.0 Å². The second-order valence-corrected chi connectivity index (χ2v) is 10.3. The van der Waals surface area contributed by atoms with Crippen LogP contribution in [0.4, 0.5) is 23.8 Å². The molecule has 2 fully saturated rings. The number of aromatic nitrogens is 1. The maximum absolute atomic E-state index is 13.0. The Kier molecular flexibility index (Phi) is 6.07. The number of fused-ring (bicyclic) bond motifs is 2. The van der Waals surface area contributed by atoms with Crippen molar-refractivity contribution in [3.63, 3.8) is 0 Å². The van der Waals surface area contributed by atoms with E-state index < -0.39 is 17.6 Å². The predicted molar refractivity (Wildman–Crippen MR) is 141 cm³/mol. The lowest BCUT2D eigenvalue weighted by Crippen LogP contribution is -2.53. The monoisotopic (exact) mass is 551 g/mol. The van der Waals surface area contributed by atoms with Gasteiger partial charge in [-0.25, -0.2) is 9.78 Å². The van der Waals surface area contributed by atoms with Gasteiger partial charge in [0.25, 0.3) is 11.7 Å². The highest BCUT2D eigenvalue weighted by atomic mass is 19.4. The van der Waals surface area contributed by atoms with E-state index in [0.717, 1.165) is 49.1 Å². The van der Waals surface area contributed by atoms with Crippen LogP contribution >= 0.6 is 0 Å². The number of allylic oxidation sites excluding steroid dienone is 1. The number of nitrogens with one attached hydrogen (secondary N) is 1. The minimum Gasteiger partial charge on any atom is -0.326 e. The molecular weight excluding hydrogens is 525 g/mol. The number of anilines is 1. The van der Waals surface area contributed by atoms with Gasteiger partial charge in [0.2, 0.25) is 5.70 Å². The second kappa shape index (κ2) is 9.38. The number of hydrogen-bond acceptors (Lipinski definition) is 6. The molecule has 10 nitrogen and oxygen atoms in total. The summed E-state index contributed by atoms with van der Waals surface area (Å²) in [4.78, 5) is 42.1. The molecule has 3 N–H and O–H groups in total. The molecule has 3 amide bonds. The van der Waals surface area contributed by atoms with Gasteiger partial charge in [-0.05, 0) is 49.2 Å². The van der Waals surface area contributed by atoms with Crippen LogP contribution in [-0.2, 0) is 6.18 Å². The lowest BCUT2D eigenvalue weighted by atomic mass is 9.90. The topological polar surface area (TPSA) is 116 Å². The summed E-state index contributed by atoms with van der Waals surface area (Å²) in [5.74, 6) is 6.56. The minimum atomic E-state index is -4.55. The van der Waals surface area contributed by atoms with Gasteiger partial charge < -0.3 is 15.1 Å². The van der Waals surface area contributed by atoms with Crippen molar-refractivity contribution in [3.8, 4) is 0 Å². The zero-order valence-corrected chi connectivity index (χ0v) is 21.5. The first kappa shape index (κ1) is 25.9. The second-order valence-electron chi connectivity index (χ2n) is 10.3. The summed E-state index contributed by atoms with van der Waals surface area (Å²) >= 11 is 0. The Morgan fingerprint density at radius 3 is 2.67 bits per heavy atom. The van der Waals surface area contributed by atoms with Crippen LogP contribution < -0.4 is 11.2 Å². The Balaban J connectivity index is 1.24. The van der Waals surface area contributed by atoms with Gasteiger partial charge in [-0.3, -0.25) is 9.79 Å². The molecule has 6 rings (SSSR count). The van der Waals surface area contributed by atoms with Crippen molar-refractivity contribution in [2.45, 2.75) is 25.1 Å². The molecule has 40 heavy (non-hydrogen) atoms. The van der Waals surface area contributed by atoms with Crippen LogP contribution in [0.3, 0.4) is 0 Å². The standard InChI is InChI=1S/C27H25F3N8O2/c1-36-15-20-7-6-18(14-37(20)26(36)40)23-21-13-32-10-11-38(21,31)24(35-23)16-2-4-17(5-3-16)25(39)34-22-12-19(8-9-33-22)27(28,29)30/h2-5,8-13,18,20H,6-7,14-15,31H2,1H3/p+1/t18-,20+,38?/m1/s1. The number of halogens is 3. The number of carbonyl (C=O) groups excluding carboxylic acids is 2. The molecule has 1 aromatic carbocycles. The van der Waals surface area contributed by atoms with Crippen LogP contribution in [0.5, 0.6) is 0 Å². The van der Waals surface area contributed by atoms with Crippen LogP contribution in [0.25, 0.3) is 0 Å². The molecule has 206 valence electrons. The van der Waals surface area contributed by atoms with Crippen LogP contribution in [-0.4, -0.2) is 69.5 Å². The summed E-state index contributed by atoms with van der Waals surface area (Å²) in [6, 6.07) is 8.32. The summed E-state index contributed by atoms with van der Waals surface area (Å²) in [6.07, 6.45) is 3.18. The third-order valence-electron chi connectivity index (χ3n) is 7.71. The van der Waals surface area contributed by atoms with Crippen LogP contribution in [0, 0.1) is 5.92 Å². The number of carbonyl (C=O) groups is 2. The van der Waals surface area contributed by atoms with Crippen molar-refractivity contribution in [3.05, 3.63) is 83.1 Å². The molecule has 0 saturated carbocycles. The quantitative estimate of drug-likeness (QED) is 0.445. The Morgan fingerprint density at radius 2 is 1.93 bits per heavy atom. The van der Waals surface area contributed by atoms with E-state index in [0.29, 0.717) is 17.9 Å². The van der Waals surface area contributed by atoms with Gasteiger partial charge in [0.15, 0.2) is 0 Å². The van der Waals surface area contributed by atoms with Crippen molar-refractivity contribution in [1.82, 2.24) is 14.8 Å². The number of amidine groups is 1. The molecule has 5 heterocycles. The Hall–Kier alpha value is -4.36. The largest absolute Gasteiger partial charge is 0.416 e. The van der Waals surface area contributed by atoms with Gasteiger partial charge >= 0.3 is 12.2 Å². The van der Waals surface area contributed by atoms with Gasteiger partial charge in [0.05, 0.1) is 29.6 Å². The number of nitrogens with two attached hydrogens (primary N) is 1. The molecule has 3 atom stereocenters. The number of rotatable bonds is 4.